The highest BCUT2D eigenvalue weighted by Gasteiger charge is 1.96. The van der Waals surface area contributed by atoms with Gasteiger partial charge in [-0.1, -0.05) is 85.5 Å². The molecule has 1 aromatic rings. The molecule has 0 saturated carbocycles. The minimum absolute atomic E-state index is 0.956. The summed E-state index contributed by atoms with van der Waals surface area (Å²) in [5, 5.41) is 0. The number of aryl methyl sites for hydroxylation is 1. The molecule has 0 bridgehead atoms. The van der Waals surface area contributed by atoms with E-state index in [1.807, 2.05) is 48.6 Å². The SMILES string of the molecule is C=CC1=C(C=C)CC=CC=C1.Cc1ccccc1. The summed E-state index contributed by atoms with van der Waals surface area (Å²) < 4.78 is 0. The number of hydrogen-bond donors (Lipinski definition) is 0. The molecule has 1 aliphatic rings. The fraction of sp³-hybridized carbons (Fsp3) is 0.111. The van der Waals surface area contributed by atoms with Crippen LogP contribution in [0.5, 0.6) is 0 Å². The normalized spacial score (nSPS) is 13.4. The molecule has 0 spiro atoms. The molecule has 0 aliphatic heterocycles. The van der Waals surface area contributed by atoms with Gasteiger partial charge in [0.25, 0.3) is 0 Å². The van der Waals surface area contributed by atoms with Gasteiger partial charge in [0.1, 0.15) is 0 Å². The topological polar surface area (TPSA) is 0 Å². The van der Waals surface area contributed by atoms with Crippen molar-refractivity contribution >= 4 is 0 Å². The van der Waals surface area contributed by atoms with Crippen LogP contribution in [0.4, 0.5) is 0 Å². The summed E-state index contributed by atoms with van der Waals surface area (Å²) in [6.07, 6.45) is 12.9. The van der Waals surface area contributed by atoms with E-state index < -0.39 is 0 Å². The second-order valence-corrected chi connectivity index (χ2v) is 4.03. The smallest absolute Gasteiger partial charge is 0.00886 e. The first-order valence-electron chi connectivity index (χ1n) is 6.11. The number of rotatable bonds is 2. The van der Waals surface area contributed by atoms with Gasteiger partial charge in [-0.15, -0.1) is 0 Å². The second kappa shape index (κ2) is 8.08. The summed E-state index contributed by atoms with van der Waals surface area (Å²) in [4.78, 5) is 0. The first-order valence-corrected chi connectivity index (χ1v) is 6.11. The fourth-order valence-electron chi connectivity index (χ4n) is 1.59. The fourth-order valence-corrected chi connectivity index (χ4v) is 1.59. The van der Waals surface area contributed by atoms with Crippen LogP contribution in [0.1, 0.15) is 12.0 Å². The van der Waals surface area contributed by atoms with Crippen LogP contribution in [0.15, 0.2) is 91.1 Å². The Bertz CT molecular complexity index is 470. The van der Waals surface area contributed by atoms with E-state index in [-0.39, 0.29) is 0 Å². The van der Waals surface area contributed by atoms with E-state index in [0.29, 0.717) is 0 Å². The van der Waals surface area contributed by atoms with E-state index in [2.05, 4.69) is 38.3 Å². The van der Waals surface area contributed by atoms with Gasteiger partial charge in [0.15, 0.2) is 0 Å². The Balaban J connectivity index is 0.000000199. The van der Waals surface area contributed by atoms with E-state index in [1.165, 1.54) is 16.7 Å². The molecule has 1 aliphatic carbocycles. The Labute approximate surface area is 110 Å². The quantitative estimate of drug-likeness (QED) is 0.665. The molecule has 0 fully saturated rings. The van der Waals surface area contributed by atoms with Crippen molar-refractivity contribution in [3.8, 4) is 0 Å². The Morgan fingerprint density at radius 1 is 1.00 bits per heavy atom. The zero-order valence-electron chi connectivity index (χ0n) is 11.0. The molecule has 0 heterocycles. The van der Waals surface area contributed by atoms with E-state index in [9.17, 15) is 0 Å². The van der Waals surface area contributed by atoms with Crippen LogP contribution in [0, 0.1) is 6.92 Å². The van der Waals surface area contributed by atoms with Gasteiger partial charge in [-0.25, -0.2) is 0 Å². The van der Waals surface area contributed by atoms with Gasteiger partial charge < -0.3 is 0 Å². The predicted octanol–water partition coefficient (Wildman–Crippen LogP) is 5.17. The third-order valence-corrected chi connectivity index (χ3v) is 2.64. The molecule has 0 heteroatoms. The van der Waals surface area contributed by atoms with Crippen LogP contribution in [0.2, 0.25) is 0 Å². The zero-order valence-corrected chi connectivity index (χ0v) is 11.0. The van der Waals surface area contributed by atoms with Crippen LogP contribution >= 0.6 is 0 Å². The number of allylic oxidation sites excluding steroid dienone is 8. The number of benzene rings is 1. The standard InChI is InChI=1S/C11H12.C7H8/c1-3-10-8-6-5-7-9-11(10)4-2;1-7-5-3-2-4-6-7/h3-8H,1-2,9H2;2-6H,1H3. The molecule has 0 saturated heterocycles. The summed E-state index contributed by atoms with van der Waals surface area (Å²) in [5.41, 5.74) is 3.73. The lowest BCUT2D eigenvalue weighted by Gasteiger charge is -1.99. The largest absolute Gasteiger partial charge is 0.0988 e. The predicted molar refractivity (Wildman–Crippen MR) is 81.5 cm³/mol. The molecule has 0 atom stereocenters. The van der Waals surface area contributed by atoms with Crippen LogP contribution in [-0.2, 0) is 0 Å². The van der Waals surface area contributed by atoms with Gasteiger partial charge in [-0.2, -0.15) is 0 Å². The second-order valence-electron chi connectivity index (χ2n) is 4.03. The monoisotopic (exact) mass is 236 g/mol. The van der Waals surface area contributed by atoms with Crippen molar-refractivity contribution < 1.29 is 0 Å². The van der Waals surface area contributed by atoms with Gasteiger partial charge in [0.05, 0.1) is 0 Å². The van der Waals surface area contributed by atoms with Gasteiger partial charge in [0, 0.05) is 0 Å². The molecule has 1 aromatic carbocycles. The Kier molecular flexibility index (Phi) is 6.27. The maximum Gasteiger partial charge on any atom is -0.00886 e. The molecule has 0 amide bonds. The van der Waals surface area contributed by atoms with Crippen LogP contribution in [0.25, 0.3) is 0 Å². The van der Waals surface area contributed by atoms with Crippen LogP contribution < -0.4 is 0 Å². The maximum absolute atomic E-state index is 3.75. The van der Waals surface area contributed by atoms with E-state index in [4.69, 9.17) is 0 Å². The molecular weight excluding hydrogens is 216 g/mol. The molecule has 0 unspecified atom stereocenters. The van der Waals surface area contributed by atoms with Crippen molar-refractivity contribution in [3.05, 3.63) is 96.7 Å². The molecule has 0 aromatic heterocycles. The van der Waals surface area contributed by atoms with E-state index in [1.54, 1.807) is 0 Å². The van der Waals surface area contributed by atoms with E-state index >= 15 is 0 Å². The summed E-state index contributed by atoms with van der Waals surface area (Å²) in [5.74, 6) is 0. The Morgan fingerprint density at radius 2 is 1.72 bits per heavy atom. The summed E-state index contributed by atoms with van der Waals surface area (Å²) in [6, 6.07) is 10.3. The zero-order chi connectivity index (χ0) is 13.2. The highest BCUT2D eigenvalue weighted by Crippen LogP contribution is 2.15. The van der Waals surface area contributed by atoms with Crippen molar-refractivity contribution in [1.82, 2.24) is 0 Å². The first kappa shape index (κ1) is 14.0. The minimum Gasteiger partial charge on any atom is -0.0988 e. The number of hydrogen-bond acceptors (Lipinski definition) is 0. The summed E-state index contributed by atoms with van der Waals surface area (Å²) >= 11 is 0. The first-order chi connectivity index (χ1) is 8.77. The lowest BCUT2D eigenvalue weighted by Crippen LogP contribution is -1.79. The average molecular weight is 236 g/mol. The third kappa shape index (κ3) is 4.84. The van der Waals surface area contributed by atoms with Gasteiger partial charge in [0.2, 0.25) is 0 Å². The molecule has 2 rings (SSSR count). The van der Waals surface area contributed by atoms with Crippen molar-refractivity contribution in [1.29, 1.82) is 0 Å². The molecular formula is C18H20. The van der Waals surface area contributed by atoms with Gasteiger partial charge >= 0.3 is 0 Å². The van der Waals surface area contributed by atoms with Crippen molar-refractivity contribution in [2.75, 3.05) is 0 Å². The lowest BCUT2D eigenvalue weighted by atomic mass is 10.1. The molecule has 0 radical (unpaired) electrons. The molecule has 18 heavy (non-hydrogen) atoms. The van der Waals surface area contributed by atoms with Crippen molar-refractivity contribution in [2.24, 2.45) is 0 Å². The van der Waals surface area contributed by atoms with Gasteiger partial charge in [-0.05, 0) is 24.5 Å². The van der Waals surface area contributed by atoms with Crippen LogP contribution in [-0.4, -0.2) is 0 Å². The van der Waals surface area contributed by atoms with E-state index in [0.717, 1.165) is 6.42 Å². The molecule has 92 valence electrons. The Morgan fingerprint density at radius 3 is 2.22 bits per heavy atom. The highest BCUT2D eigenvalue weighted by molar-refractivity contribution is 5.43. The Hall–Kier alpha value is -2.08. The third-order valence-electron chi connectivity index (χ3n) is 2.64. The minimum atomic E-state index is 0.956. The maximum atomic E-state index is 3.75. The van der Waals surface area contributed by atoms with Crippen LogP contribution in [0.3, 0.4) is 0 Å². The lowest BCUT2D eigenvalue weighted by molar-refractivity contribution is 1.27. The van der Waals surface area contributed by atoms with Gasteiger partial charge in [-0.3, -0.25) is 0 Å². The highest BCUT2D eigenvalue weighted by atomic mass is 14.0. The van der Waals surface area contributed by atoms with Crippen molar-refractivity contribution in [2.45, 2.75) is 13.3 Å². The van der Waals surface area contributed by atoms with Crippen molar-refractivity contribution in [3.63, 3.8) is 0 Å². The molecule has 0 nitrogen and oxygen atoms in total. The average Bonchev–Trinajstić information content (AvgIpc) is 2.64. The summed E-state index contributed by atoms with van der Waals surface area (Å²) in [6.45, 7) is 9.57. The summed E-state index contributed by atoms with van der Waals surface area (Å²) in [7, 11) is 0. The molecule has 0 N–H and O–H groups in total.